The molecule has 1 atom stereocenters. The van der Waals surface area contributed by atoms with E-state index in [0.717, 1.165) is 5.56 Å². The summed E-state index contributed by atoms with van der Waals surface area (Å²) in [5, 5.41) is 15.6. The molecule has 1 rings (SSSR count). The van der Waals surface area contributed by atoms with E-state index in [0.29, 0.717) is 16.3 Å². The number of aliphatic hydroxyl groups excluding tert-OH is 1. The third-order valence-corrected chi connectivity index (χ3v) is 4.75. The summed E-state index contributed by atoms with van der Waals surface area (Å²) in [6.07, 6.45) is 0.529. The first kappa shape index (κ1) is 19.6. The van der Waals surface area contributed by atoms with Crippen LogP contribution in [0, 0.1) is 18.3 Å². The fourth-order valence-corrected chi connectivity index (χ4v) is 2.98. The maximum Gasteiger partial charge on any atom is 0.261 e. The van der Waals surface area contributed by atoms with Gasteiger partial charge in [0.05, 0.1) is 9.88 Å². The summed E-state index contributed by atoms with van der Waals surface area (Å²) < 4.78 is 0. The number of hydrogen-bond acceptors (Lipinski definition) is 4. The average molecular weight is 340 g/mol. The molecule has 1 aromatic heterocycles. The second kappa shape index (κ2) is 7.93. The first-order valence-electron chi connectivity index (χ1n) is 7.90. The van der Waals surface area contributed by atoms with Gasteiger partial charge in [-0.1, -0.05) is 34.6 Å². The van der Waals surface area contributed by atoms with Crippen molar-refractivity contribution in [1.29, 1.82) is 0 Å². The molecule has 0 saturated heterocycles. The first-order chi connectivity index (χ1) is 10.6. The number of anilines is 1. The Morgan fingerprint density at radius 2 is 1.91 bits per heavy atom. The number of nitrogens with one attached hydrogen (secondary N) is 2. The van der Waals surface area contributed by atoms with Crippen molar-refractivity contribution < 1.29 is 14.7 Å². The summed E-state index contributed by atoms with van der Waals surface area (Å²) in [5.41, 5.74) is 0.354. The predicted octanol–water partition coefficient (Wildman–Crippen LogP) is 3.18. The molecule has 1 unspecified atom stereocenters. The number of amides is 2. The minimum absolute atomic E-state index is 0.0411. The molecule has 3 N–H and O–H groups in total. The molecule has 0 fully saturated rings. The molecule has 0 spiro atoms. The lowest BCUT2D eigenvalue weighted by molar-refractivity contribution is -0.123. The Bertz CT molecular complexity index is 559. The Morgan fingerprint density at radius 3 is 2.39 bits per heavy atom. The molecule has 130 valence electrons. The number of hydrogen-bond donors (Lipinski definition) is 3. The fraction of sp³-hybridized carbons (Fsp3) is 0.647. The number of aryl methyl sites for hydroxylation is 1. The van der Waals surface area contributed by atoms with E-state index in [9.17, 15) is 9.59 Å². The van der Waals surface area contributed by atoms with Gasteiger partial charge in [0.1, 0.15) is 0 Å². The smallest absolute Gasteiger partial charge is 0.261 e. The highest BCUT2D eigenvalue weighted by Gasteiger charge is 2.24. The van der Waals surface area contributed by atoms with Gasteiger partial charge in [-0.3, -0.25) is 9.59 Å². The van der Waals surface area contributed by atoms with E-state index in [-0.39, 0.29) is 30.4 Å². The average Bonchev–Trinajstić information content (AvgIpc) is 2.77. The van der Waals surface area contributed by atoms with Gasteiger partial charge in [0.2, 0.25) is 5.91 Å². The van der Waals surface area contributed by atoms with Crippen LogP contribution in [0.2, 0.25) is 0 Å². The molecule has 1 heterocycles. The molecule has 6 heteroatoms. The Labute approximate surface area is 142 Å². The molecule has 0 aliphatic heterocycles. The number of thiophene rings is 1. The highest BCUT2D eigenvalue weighted by Crippen LogP contribution is 2.28. The second-order valence-corrected chi connectivity index (χ2v) is 8.22. The monoisotopic (exact) mass is 340 g/mol. The standard InChI is InChI=1S/C17H28N2O3S/c1-10(2)12(7-8-20)18-15(21)14-11(3)9-13(23-14)19-16(22)17(4,5)6/h9-10,12,20H,7-8H2,1-6H3,(H,18,21)(H,19,22). The Hall–Kier alpha value is -1.40. The largest absolute Gasteiger partial charge is 0.396 e. The minimum Gasteiger partial charge on any atom is -0.396 e. The van der Waals surface area contributed by atoms with E-state index >= 15 is 0 Å². The summed E-state index contributed by atoms with van der Waals surface area (Å²) in [6.45, 7) is 11.5. The maximum absolute atomic E-state index is 12.5. The fourth-order valence-electron chi connectivity index (χ4n) is 2.01. The highest BCUT2D eigenvalue weighted by molar-refractivity contribution is 7.18. The topological polar surface area (TPSA) is 78.4 Å². The summed E-state index contributed by atoms with van der Waals surface area (Å²) in [7, 11) is 0. The van der Waals surface area contributed by atoms with E-state index in [1.165, 1.54) is 11.3 Å². The number of aliphatic hydroxyl groups is 1. The summed E-state index contributed by atoms with van der Waals surface area (Å²) in [5.74, 6) is 0.00776. The minimum atomic E-state index is -0.482. The molecule has 23 heavy (non-hydrogen) atoms. The molecule has 0 bridgehead atoms. The normalized spacial score (nSPS) is 13.0. The quantitative estimate of drug-likeness (QED) is 0.744. The van der Waals surface area contributed by atoms with Crippen LogP contribution in [0.15, 0.2) is 6.07 Å². The lowest BCUT2D eigenvalue weighted by atomic mass is 9.96. The zero-order chi connectivity index (χ0) is 17.8. The molecule has 0 aromatic carbocycles. The third kappa shape index (κ3) is 5.62. The molecule has 0 radical (unpaired) electrons. The first-order valence-corrected chi connectivity index (χ1v) is 8.71. The zero-order valence-electron chi connectivity index (χ0n) is 14.8. The van der Waals surface area contributed by atoms with Crippen molar-refractivity contribution >= 4 is 28.2 Å². The van der Waals surface area contributed by atoms with Gasteiger partial charge in [0.25, 0.3) is 5.91 Å². The van der Waals surface area contributed by atoms with Crippen LogP contribution in [0.5, 0.6) is 0 Å². The van der Waals surface area contributed by atoms with Crippen LogP contribution in [-0.2, 0) is 4.79 Å². The molecule has 0 saturated carbocycles. The van der Waals surface area contributed by atoms with Crippen LogP contribution in [-0.4, -0.2) is 29.6 Å². The van der Waals surface area contributed by atoms with Gasteiger partial charge in [-0.05, 0) is 30.9 Å². The van der Waals surface area contributed by atoms with Crippen LogP contribution in [0.25, 0.3) is 0 Å². The van der Waals surface area contributed by atoms with Crippen molar-refractivity contribution in [1.82, 2.24) is 5.32 Å². The predicted molar refractivity (Wildman–Crippen MR) is 94.9 cm³/mol. The van der Waals surface area contributed by atoms with E-state index in [4.69, 9.17) is 5.11 Å². The van der Waals surface area contributed by atoms with Crippen LogP contribution >= 0.6 is 11.3 Å². The number of carbonyl (C=O) groups excluding carboxylic acids is 2. The van der Waals surface area contributed by atoms with E-state index < -0.39 is 5.41 Å². The van der Waals surface area contributed by atoms with Gasteiger partial charge in [-0.25, -0.2) is 0 Å². The Kier molecular flexibility index (Phi) is 6.77. The number of carbonyl (C=O) groups is 2. The molecule has 2 amide bonds. The molecule has 0 aliphatic rings. The van der Waals surface area contributed by atoms with Gasteiger partial charge in [-0.15, -0.1) is 11.3 Å². The van der Waals surface area contributed by atoms with Gasteiger partial charge in [0, 0.05) is 18.1 Å². The van der Waals surface area contributed by atoms with Crippen LogP contribution in [0.1, 0.15) is 56.3 Å². The number of rotatable bonds is 6. The van der Waals surface area contributed by atoms with Crippen molar-refractivity contribution in [3.8, 4) is 0 Å². The van der Waals surface area contributed by atoms with E-state index in [1.807, 2.05) is 47.6 Å². The van der Waals surface area contributed by atoms with E-state index in [2.05, 4.69) is 10.6 Å². The second-order valence-electron chi connectivity index (χ2n) is 7.16. The molecular weight excluding hydrogens is 312 g/mol. The van der Waals surface area contributed by atoms with Gasteiger partial charge >= 0.3 is 0 Å². The Morgan fingerprint density at radius 1 is 1.30 bits per heavy atom. The summed E-state index contributed by atoms with van der Waals surface area (Å²) in [6, 6.07) is 1.75. The maximum atomic E-state index is 12.5. The van der Waals surface area contributed by atoms with Crippen molar-refractivity contribution in [3.05, 3.63) is 16.5 Å². The summed E-state index contributed by atoms with van der Waals surface area (Å²) in [4.78, 5) is 25.1. The summed E-state index contributed by atoms with van der Waals surface area (Å²) >= 11 is 1.28. The van der Waals surface area contributed by atoms with Gasteiger partial charge < -0.3 is 15.7 Å². The molecule has 0 aliphatic carbocycles. The van der Waals surface area contributed by atoms with E-state index in [1.54, 1.807) is 0 Å². The van der Waals surface area contributed by atoms with Gasteiger partial charge in [0.15, 0.2) is 0 Å². The van der Waals surface area contributed by atoms with Crippen molar-refractivity contribution in [2.45, 2.75) is 54.0 Å². The third-order valence-electron chi connectivity index (χ3n) is 3.60. The molecule has 1 aromatic rings. The van der Waals surface area contributed by atoms with Crippen LogP contribution in [0.4, 0.5) is 5.00 Å². The lowest BCUT2D eigenvalue weighted by Crippen LogP contribution is -2.39. The van der Waals surface area contributed by atoms with Crippen LogP contribution in [0.3, 0.4) is 0 Å². The van der Waals surface area contributed by atoms with Gasteiger partial charge in [-0.2, -0.15) is 0 Å². The zero-order valence-corrected chi connectivity index (χ0v) is 15.6. The van der Waals surface area contributed by atoms with Crippen molar-refractivity contribution in [3.63, 3.8) is 0 Å². The van der Waals surface area contributed by atoms with Crippen LogP contribution < -0.4 is 10.6 Å². The molecule has 5 nitrogen and oxygen atoms in total. The molecular formula is C17H28N2O3S. The van der Waals surface area contributed by atoms with Crippen molar-refractivity contribution in [2.75, 3.05) is 11.9 Å². The van der Waals surface area contributed by atoms with Crippen molar-refractivity contribution in [2.24, 2.45) is 11.3 Å². The SMILES string of the molecule is Cc1cc(NC(=O)C(C)(C)C)sc1C(=O)NC(CCO)C(C)C. The Balaban J connectivity index is 2.85. The lowest BCUT2D eigenvalue weighted by Gasteiger charge is -2.21. The highest BCUT2D eigenvalue weighted by atomic mass is 32.1.